The molecule has 1 aromatic carbocycles. The number of hydrogen-bond acceptors (Lipinski definition) is 6. The summed E-state index contributed by atoms with van der Waals surface area (Å²) in [5, 5.41) is 11.5. The Morgan fingerprint density at radius 1 is 0.981 bits per heavy atom. The lowest BCUT2D eigenvalue weighted by atomic mass is 9.86. The van der Waals surface area contributed by atoms with Crippen LogP contribution in [0.4, 0.5) is 4.79 Å². The molecule has 2 aliphatic heterocycles. The second kappa shape index (κ2) is 18.0. The number of fused-ring (bicyclic) bond motifs is 1. The minimum absolute atomic E-state index is 0.0125. The Bertz CT molecular complexity index is 1460. The topological polar surface area (TPSA) is 157 Å². The molecular formula is C40H60N6O6. The Labute approximate surface area is 309 Å². The fourth-order valence-electron chi connectivity index (χ4n) is 7.62. The Hall–Kier alpha value is -4.22. The van der Waals surface area contributed by atoms with E-state index in [0.29, 0.717) is 51.7 Å². The fourth-order valence-corrected chi connectivity index (χ4v) is 7.62. The van der Waals surface area contributed by atoms with E-state index >= 15 is 0 Å². The van der Waals surface area contributed by atoms with Crippen LogP contribution < -0.4 is 21.3 Å². The highest BCUT2D eigenvalue weighted by molar-refractivity contribution is 6.38. The van der Waals surface area contributed by atoms with Gasteiger partial charge >= 0.3 is 6.03 Å². The van der Waals surface area contributed by atoms with Gasteiger partial charge in [-0.05, 0) is 72.8 Å². The van der Waals surface area contributed by atoms with Crippen molar-refractivity contribution < 1.29 is 28.8 Å². The highest BCUT2D eigenvalue weighted by atomic mass is 16.2. The predicted octanol–water partition coefficient (Wildman–Crippen LogP) is 3.53. The molecule has 4 N–H and O–H groups in total. The van der Waals surface area contributed by atoms with E-state index < -0.39 is 41.8 Å². The average Bonchev–Trinajstić information content (AvgIpc) is 3.74. The summed E-state index contributed by atoms with van der Waals surface area (Å²) in [7, 11) is 0. The Morgan fingerprint density at radius 3 is 2.23 bits per heavy atom. The average molecular weight is 721 g/mol. The molecule has 2 heterocycles. The highest BCUT2D eigenvalue weighted by Gasteiger charge is 2.46. The van der Waals surface area contributed by atoms with Crippen molar-refractivity contribution in [3.63, 3.8) is 0 Å². The van der Waals surface area contributed by atoms with Gasteiger partial charge in [0.05, 0.1) is 12.1 Å². The molecule has 0 aromatic heterocycles. The SMILES string of the molecule is C=CCNC(=O)C(=O)C(CCC)NC(=O)C1CC(C(C)C)CN1C(=O)[C@@H](NC(=O)N[C@H](CN1CCCCC1=O)C(C)(C)C)C1Cc2ccccc2C1. The number of amides is 6. The number of nitrogens with zero attached hydrogens (tertiary/aromatic N) is 2. The van der Waals surface area contributed by atoms with Crippen LogP contribution in [0.25, 0.3) is 0 Å². The third-order valence-electron chi connectivity index (χ3n) is 11.0. The largest absolute Gasteiger partial charge is 0.346 e. The summed E-state index contributed by atoms with van der Waals surface area (Å²) < 4.78 is 0. The van der Waals surface area contributed by atoms with E-state index in [1.54, 1.807) is 4.90 Å². The summed E-state index contributed by atoms with van der Waals surface area (Å²) in [6, 6.07) is 4.27. The van der Waals surface area contributed by atoms with Crippen LogP contribution in [-0.4, -0.2) is 95.6 Å². The van der Waals surface area contributed by atoms with Crippen LogP contribution in [0.15, 0.2) is 36.9 Å². The number of piperidine rings is 1. The molecule has 3 aliphatic rings. The summed E-state index contributed by atoms with van der Waals surface area (Å²) in [4.78, 5) is 84.5. The van der Waals surface area contributed by atoms with Crippen molar-refractivity contribution in [3.05, 3.63) is 48.0 Å². The lowest BCUT2D eigenvalue weighted by Crippen LogP contribution is -2.61. The highest BCUT2D eigenvalue weighted by Crippen LogP contribution is 2.34. The maximum Gasteiger partial charge on any atom is 0.315 e. The van der Waals surface area contributed by atoms with Crippen molar-refractivity contribution >= 4 is 35.4 Å². The lowest BCUT2D eigenvalue weighted by Gasteiger charge is -2.38. The van der Waals surface area contributed by atoms with E-state index in [9.17, 15) is 28.8 Å². The molecule has 12 heteroatoms. The van der Waals surface area contributed by atoms with Crippen molar-refractivity contribution in [3.8, 4) is 0 Å². The number of rotatable bonds is 15. The number of carbonyl (C=O) groups excluding carboxylic acids is 6. The smallest absolute Gasteiger partial charge is 0.315 e. The van der Waals surface area contributed by atoms with Gasteiger partial charge in [0.25, 0.3) is 5.91 Å². The number of hydrogen-bond donors (Lipinski definition) is 4. The van der Waals surface area contributed by atoms with Crippen LogP contribution in [-0.2, 0) is 36.8 Å². The molecule has 286 valence electrons. The van der Waals surface area contributed by atoms with Gasteiger partial charge in [0.1, 0.15) is 12.1 Å². The zero-order valence-electron chi connectivity index (χ0n) is 32.0. The molecule has 0 bridgehead atoms. The minimum atomic E-state index is -1.04. The number of carbonyl (C=O) groups is 6. The maximum atomic E-state index is 14.8. The molecule has 0 spiro atoms. The first-order valence-corrected chi connectivity index (χ1v) is 19.1. The van der Waals surface area contributed by atoms with Crippen LogP contribution in [0.3, 0.4) is 0 Å². The minimum Gasteiger partial charge on any atom is -0.346 e. The van der Waals surface area contributed by atoms with Crippen molar-refractivity contribution in [2.45, 2.75) is 117 Å². The van der Waals surface area contributed by atoms with E-state index in [2.05, 4.69) is 41.7 Å². The van der Waals surface area contributed by atoms with Crippen LogP contribution in [0.1, 0.15) is 91.2 Å². The van der Waals surface area contributed by atoms with Gasteiger partial charge in [-0.25, -0.2) is 4.79 Å². The molecule has 1 aliphatic carbocycles. The molecule has 52 heavy (non-hydrogen) atoms. The van der Waals surface area contributed by atoms with E-state index in [1.807, 2.05) is 56.9 Å². The summed E-state index contributed by atoms with van der Waals surface area (Å²) in [5.74, 6) is -2.37. The maximum absolute atomic E-state index is 14.8. The van der Waals surface area contributed by atoms with Gasteiger partial charge in [0.2, 0.25) is 23.5 Å². The van der Waals surface area contributed by atoms with Gasteiger partial charge in [0, 0.05) is 32.6 Å². The number of ketones is 1. The van der Waals surface area contributed by atoms with Gasteiger partial charge in [-0.3, -0.25) is 24.0 Å². The summed E-state index contributed by atoms with van der Waals surface area (Å²) in [6.07, 6.45) is 6.15. The number of Topliss-reactive ketones (excluding diaryl/α,β-unsaturated/α-hetero) is 1. The molecule has 0 radical (unpaired) electrons. The molecule has 3 unspecified atom stereocenters. The van der Waals surface area contributed by atoms with E-state index in [0.717, 1.165) is 24.0 Å². The van der Waals surface area contributed by atoms with Crippen molar-refractivity contribution in [2.24, 2.45) is 23.2 Å². The summed E-state index contributed by atoms with van der Waals surface area (Å²) >= 11 is 0. The van der Waals surface area contributed by atoms with Crippen LogP contribution in [0.2, 0.25) is 0 Å². The molecular weight excluding hydrogens is 660 g/mol. The van der Waals surface area contributed by atoms with E-state index in [-0.39, 0.29) is 54.0 Å². The first-order chi connectivity index (χ1) is 24.6. The number of benzene rings is 1. The molecule has 12 nitrogen and oxygen atoms in total. The first kappa shape index (κ1) is 40.5. The van der Waals surface area contributed by atoms with Crippen LogP contribution >= 0.6 is 0 Å². The molecule has 0 saturated carbocycles. The number of likely N-dealkylation sites (tertiary alicyclic amines) is 2. The molecule has 1 aromatic rings. The van der Waals surface area contributed by atoms with E-state index in [4.69, 9.17) is 0 Å². The van der Waals surface area contributed by atoms with Crippen LogP contribution in [0.5, 0.6) is 0 Å². The first-order valence-electron chi connectivity index (χ1n) is 19.1. The standard InChI is InChI=1S/C40H60N6O6/c1-8-14-30(35(48)37(50)41-18-9-2)42-36(49)31-22-29(25(3)4)23-46(31)38(51)34(28-20-26-15-10-11-16-27(26)21-28)44-39(52)43-32(40(5,6)7)24-45-19-13-12-17-33(45)47/h9-11,15-16,25,28-32,34H,2,8,12-14,17-24H2,1,3-7H3,(H,41,50)(H,42,49)(H2,43,44,52)/t29?,30?,31?,32-,34+/m1/s1. The predicted molar refractivity (Wildman–Crippen MR) is 200 cm³/mol. The third-order valence-corrected chi connectivity index (χ3v) is 11.0. The van der Waals surface area contributed by atoms with Gasteiger partial charge < -0.3 is 31.1 Å². The second-order valence-corrected chi connectivity index (χ2v) is 16.2. The lowest BCUT2D eigenvalue weighted by molar-refractivity contribution is -0.143. The quantitative estimate of drug-likeness (QED) is 0.161. The number of nitrogens with one attached hydrogen (secondary N) is 4. The molecule has 5 atom stereocenters. The van der Waals surface area contributed by atoms with E-state index in [1.165, 1.54) is 6.08 Å². The zero-order chi connectivity index (χ0) is 38.2. The molecule has 4 rings (SSSR count). The second-order valence-electron chi connectivity index (χ2n) is 16.2. The summed E-state index contributed by atoms with van der Waals surface area (Å²) in [6.45, 7) is 17.0. The molecule has 6 amide bonds. The fraction of sp³-hybridized carbons (Fsp3) is 0.650. The van der Waals surface area contributed by atoms with Gasteiger partial charge in [-0.15, -0.1) is 6.58 Å². The van der Waals surface area contributed by atoms with Crippen molar-refractivity contribution in [2.75, 3.05) is 26.2 Å². The third kappa shape index (κ3) is 10.2. The normalized spacial score (nSPS) is 20.9. The Kier molecular flexibility index (Phi) is 14.0. The van der Waals surface area contributed by atoms with Gasteiger partial charge in [0.15, 0.2) is 0 Å². The van der Waals surface area contributed by atoms with Crippen LogP contribution in [0, 0.1) is 23.2 Å². The van der Waals surface area contributed by atoms with Gasteiger partial charge in [-0.2, -0.15) is 0 Å². The van der Waals surface area contributed by atoms with Crippen molar-refractivity contribution in [1.82, 2.24) is 31.1 Å². The van der Waals surface area contributed by atoms with Crippen molar-refractivity contribution in [1.29, 1.82) is 0 Å². The number of urea groups is 1. The van der Waals surface area contributed by atoms with Gasteiger partial charge in [-0.1, -0.05) is 78.3 Å². The monoisotopic (exact) mass is 720 g/mol. The summed E-state index contributed by atoms with van der Waals surface area (Å²) in [5.41, 5.74) is 1.86. The molecule has 2 fully saturated rings. The Balaban J connectivity index is 1.59. The Morgan fingerprint density at radius 2 is 1.65 bits per heavy atom. The molecule has 2 saturated heterocycles. The zero-order valence-corrected chi connectivity index (χ0v) is 32.0.